The number of hydrogen-bond donors (Lipinski definition) is 1. The van der Waals surface area contributed by atoms with Gasteiger partial charge in [-0.1, -0.05) is 48.5 Å². The number of sulfonamides is 1. The van der Waals surface area contributed by atoms with Gasteiger partial charge in [-0.05, 0) is 49.6 Å². The summed E-state index contributed by atoms with van der Waals surface area (Å²) in [5.41, 5.74) is 2.36. The maximum Gasteiger partial charge on any atom is 0.265 e. The Kier molecular flexibility index (Phi) is 5.78. The van der Waals surface area contributed by atoms with E-state index in [0.29, 0.717) is 16.8 Å². The molecule has 0 bridgehead atoms. The SMILES string of the molecule is C[C@@H](CCc1ccccc1)NC(=O)CN1c2ccc(F)cc2-c2ccccc2S1(=O)=O. The van der Waals surface area contributed by atoms with Gasteiger partial charge in [-0.25, -0.2) is 12.8 Å². The molecule has 1 N–H and O–H groups in total. The first-order valence-corrected chi connectivity index (χ1v) is 11.6. The maximum absolute atomic E-state index is 13.9. The molecule has 0 spiro atoms. The average molecular weight is 439 g/mol. The van der Waals surface area contributed by atoms with Crippen molar-refractivity contribution in [3.63, 3.8) is 0 Å². The number of nitrogens with zero attached hydrogens (tertiary/aromatic N) is 1. The number of fused-ring (bicyclic) bond motifs is 3. The number of carbonyl (C=O) groups is 1. The van der Waals surface area contributed by atoms with E-state index in [2.05, 4.69) is 5.32 Å². The summed E-state index contributed by atoms with van der Waals surface area (Å²) in [6.07, 6.45) is 1.53. The highest BCUT2D eigenvalue weighted by Gasteiger charge is 2.36. The van der Waals surface area contributed by atoms with Crippen molar-refractivity contribution in [1.82, 2.24) is 5.32 Å². The molecule has 1 atom stereocenters. The minimum Gasteiger partial charge on any atom is -0.352 e. The van der Waals surface area contributed by atoms with Gasteiger partial charge in [-0.2, -0.15) is 0 Å². The van der Waals surface area contributed by atoms with E-state index >= 15 is 0 Å². The van der Waals surface area contributed by atoms with Gasteiger partial charge in [0.2, 0.25) is 5.91 Å². The largest absolute Gasteiger partial charge is 0.352 e. The van der Waals surface area contributed by atoms with Crippen LogP contribution in [-0.2, 0) is 21.2 Å². The first-order valence-electron chi connectivity index (χ1n) is 10.1. The predicted molar refractivity (Wildman–Crippen MR) is 119 cm³/mol. The first-order chi connectivity index (χ1) is 14.9. The number of benzene rings is 3. The Morgan fingerprint density at radius 1 is 1.00 bits per heavy atom. The predicted octanol–water partition coefficient (Wildman–Crippen LogP) is 4.14. The molecule has 5 nitrogen and oxygen atoms in total. The fraction of sp³-hybridized carbons (Fsp3) is 0.208. The molecule has 7 heteroatoms. The second kappa shape index (κ2) is 8.51. The molecule has 3 aromatic carbocycles. The van der Waals surface area contributed by atoms with Gasteiger partial charge >= 0.3 is 0 Å². The summed E-state index contributed by atoms with van der Waals surface area (Å²) in [6.45, 7) is 1.52. The highest BCUT2D eigenvalue weighted by atomic mass is 32.2. The van der Waals surface area contributed by atoms with Crippen LogP contribution < -0.4 is 9.62 Å². The third-order valence-corrected chi connectivity index (χ3v) is 7.19. The molecule has 31 heavy (non-hydrogen) atoms. The van der Waals surface area contributed by atoms with Crippen LogP contribution in [-0.4, -0.2) is 26.9 Å². The van der Waals surface area contributed by atoms with Crippen molar-refractivity contribution in [3.8, 4) is 11.1 Å². The van der Waals surface area contributed by atoms with Crippen molar-refractivity contribution >= 4 is 21.6 Å². The van der Waals surface area contributed by atoms with Crippen LogP contribution in [0.2, 0.25) is 0 Å². The number of anilines is 1. The first kappa shape index (κ1) is 21.1. The second-order valence-corrected chi connectivity index (χ2v) is 9.49. The van der Waals surface area contributed by atoms with Crippen molar-refractivity contribution in [1.29, 1.82) is 0 Å². The number of nitrogens with one attached hydrogen (secondary N) is 1. The lowest BCUT2D eigenvalue weighted by molar-refractivity contribution is -0.120. The summed E-state index contributed by atoms with van der Waals surface area (Å²) in [5.74, 6) is -0.870. The zero-order chi connectivity index (χ0) is 22.0. The van der Waals surface area contributed by atoms with Crippen LogP contribution in [0.15, 0.2) is 77.7 Å². The molecule has 0 fully saturated rings. The summed E-state index contributed by atoms with van der Waals surface area (Å²) in [6, 6.07) is 20.2. The molecule has 0 aromatic heterocycles. The Morgan fingerprint density at radius 3 is 2.48 bits per heavy atom. The van der Waals surface area contributed by atoms with Gasteiger partial charge in [0.05, 0.1) is 10.6 Å². The Balaban J connectivity index is 1.53. The Morgan fingerprint density at radius 2 is 1.71 bits per heavy atom. The van der Waals surface area contributed by atoms with Crippen molar-refractivity contribution in [2.24, 2.45) is 0 Å². The summed E-state index contributed by atoms with van der Waals surface area (Å²) in [4.78, 5) is 12.8. The minimum absolute atomic E-state index is 0.0676. The lowest BCUT2D eigenvalue weighted by atomic mass is 10.0. The number of carbonyl (C=O) groups excluding carboxylic acids is 1. The number of hydrogen-bond acceptors (Lipinski definition) is 3. The third-order valence-electron chi connectivity index (χ3n) is 5.38. The van der Waals surface area contributed by atoms with Crippen LogP contribution in [0.4, 0.5) is 10.1 Å². The minimum atomic E-state index is -3.95. The molecule has 1 heterocycles. The highest BCUT2D eigenvalue weighted by molar-refractivity contribution is 7.93. The molecule has 1 amide bonds. The molecule has 1 aliphatic heterocycles. The van der Waals surface area contributed by atoms with E-state index in [1.54, 1.807) is 18.2 Å². The lowest BCUT2D eigenvalue weighted by Gasteiger charge is -2.32. The monoisotopic (exact) mass is 438 g/mol. The molecule has 0 saturated heterocycles. The number of aryl methyl sites for hydroxylation is 1. The van der Waals surface area contributed by atoms with Gasteiger partial charge < -0.3 is 5.32 Å². The zero-order valence-electron chi connectivity index (χ0n) is 17.1. The molecule has 4 rings (SSSR count). The van der Waals surface area contributed by atoms with Crippen molar-refractivity contribution in [2.75, 3.05) is 10.8 Å². The van der Waals surface area contributed by atoms with Crippen molar-refractivity contribution in [3.05, 3.63) is 84.2 Å². The quantitative estimate of drug-likeness (QED) is 0.629. The fourth-order valence-corrected chi connectivity index (χ4v) is 5.47. The standard InChI is InChI=1S/C24H23FN2O3S/c1-17(11-12-18-7-3-2-4-8-18)26-24(28)16-27-22-14-13-19(25)15-21(22)20-9-5-6-10-23(20)31(27,29)30/h2-10,13-15,17H,11-12,16H2,1H3,(H,26,28)/t17-/m0/s1. The molecule has 0 saturated carbocycles. The molecule has 0 unspecified atom stereocenters. The van der Waals surface area contributed by atoms with Crippen LogP contribution in [0.1, 0.15) is 18.9 Å². The Bertz CT molecular complexity index is 1210. The van der Waals surface area contributed by atoms with E-state index in [0.717, 1.165) is 17.1 Å². The average Bonchev–Trinajstić information content (AvgIpc) is 2.76. The van der Waals surface area contributed by atoms with E-state index in [-0.39, 0.29) is 17.5 Å². The number of halogens is 1. The summed E-state index contributed by atoms with van der Waals surface area (Å²) < 4.78 is 41.5. The van der Waals surface area contributed by atoms with E-state index in [1.807, 2.05) is 37.3 Å². The van der Waals surface area contributed by atoms with Crippen molar-refractivity contribution < 1.29 is 17.6 Å². The van der Waals surface area contributed by atoms with Gasteiger partial charge in [-0.15, -0.1) is 0 Å². The summed E-state index contributed by atoms with van der Waals surface area (Å²) in [5, 5.41) is 2.88. The van der Waals surface area contributed by atoms with Gasteiger partial charge in [-0.3, -0.25) is 9.10 Å². The van der Waals surface area contributed by atoms with Crippen LogP contribution in [0.25, 0.3) is 11.1 Å². The highest BCUT2D eigenvalue weighted by Crippen LogP contribution is 2.42. The van der Waals surface area contributed by atoms with Crippen LogP contribution in [0.3, 0.4) is 0 Å². The summed E-state index contributed by atoms with van der Waals surface area (Å²) >= 11 is 0. The van der Waals surface area contributed by atoms with Gasteiger partial charge in [0, 0.05) is 17.2 Å². The maximum atomic E-state index is 13.9. The number of amides is 1. The molecule has 0 aliphatic carbocycles. The van der Waals surface area contributed by atoms with E-state index in [4.69, 9.17) is 0 Å². The Hall–Kier alpha value is -3.19. The van der Waals surface area contributed by atoms with E-state index < -0.39 is 21.7 Å². The third kappa shape index (κ3) is 4.32. The molecule has 0 radical (unpaired) electrons. The fourth-order valence-electron chi connectivity index (χ4n) is 3.82. The van der Waals surface area contributed by atoms with Gasteiger partial charge in [0.25, 0.3) is 10.0 Å². The molecular formula is C24H23FN2O3S. The second-order valence-electron chi connectivity index (χ2n) is 7.66. The molecule has 160 valence electrons. The Labute approximate surface area is 181 Å². The molecule has 3 aromatic rings. The summed E-state index contributed by atoms with van der Waals surface area (Å²) in [7, 11) is -3.95. The van der Waals surface area contributed by atoms with Crippen LogP contribution in [0.5, 0.6) is 0 Å². The topological polar surface area (TPSA) is 66.5 Å². The van der Waals surface area contributed by atoms with Gasteiger partial charge in [0.1, 0.15) is 12.4 Å². The molecule has 1 aliphatic rings. The molecular weight excluding hydrogens is 415 g/mol. The van der Waals surface area contributed by atoms with Crippen molar-refractivity contribution in [2.45, 2.75) is 30.7 Å². The van der Waals surface area contributed by atoms with Gasteiger partial charge in [0.15, 0.2) is 0 Å². The van der Waals surface area contributed by atoms with Crippen LogP contribution >= 0.6 is 0 Å². The smallest absolute Gasteiger partial charge is 0.265 e. The number of rotatable bonds is 6. The van der Waals surface area contributed by atoms with E-state index in [1.165, 1.54) is 29.8 Å². The van der Waals surface area contributed by atoms with E-state index in [9.17, 15) is 17.6 Å². The zero-order valence-corrected chi connectivity index (χ0v) is 17.9. The van der Waals surface area contributed by atoms with Crippen LogP contribution in [0, 0.1) is 5.82 Å². The normalized spacial score (nSPS) is 15.0. The lowest BCUT2D eigenvalue weighted by Crippen LogP contribution is -2.44.